The van der Waals surface area contributed by atoms with Crippen molar-refractivity contribution in [3.05, 3.63) is 185 Å². The van der Waals surface area contributed by atoms with Gasteiger partial charge in [-0.25, -0.2) is 9.67 Å². The van der Waals surface area contributed by atoms with E-state index >= 15 is 0 Å². The molecule has 5 aromatic carbocycles. The standard InChI is InChI=1S/C41H31ClN6O/c1-27(29-12-11-19-33(42)24-29)44-40(49)39-45-35-25-34-37(26-36(35)46-39)48(47-38(34)28-20-22-43-23-21-28)41(30-13-5-2-6-14-30,31-15-7-3-8-16-31)32-17-9-4-10-18-32/h2-27H,1H3,(H,44,49)(H,45,46). The van der Waals surface area contributed by atoms with Crippen molar-refractivity contribution >= 4 is 39.4 Å². The molecule has 7 nitrogen and oxygen atoms in total. The summed E-state index contributed by atoms with van der Waals surface area (Å²) in [5, 5.41) is 10.0. The number of amides is 1. The Bertz CT molecular complexity index is 2310. The zero-order valence-corrected chi connectivity index (χ0v) is 27.3. The highest BCUT2D eigenvalue weighted by Crippen LogP contribution is 2.44. The molecule has 0 aliphatic heterocycles. The first-order valence-electron chi connectivity index (χ1n) is 16.1. The minimum atomic E-state index is -0.854. The maximum Gasteiger partial charge on any atom is 0.287 e. The third kappa shape index (κ3) is 5.34. The van der Waals surface area contributed by atoms with Crippen LogP contribution in [0.4, 0.5) is 0 Å². The van der Waals surface area contributed by atoms with Gasteiger partial charge in [0.25, 0.3) is 5.91 Å². The third-order valence-corrected chi connectivity index (χ3v) is 9.28. The summed E-state index contributed by atoms with van der Waals surface area (Å²) in [5.41, 5.74) is 7.18. The second kappa shape index (κ2) is 12.5. The number of rotatable bonds is 8. The van der Waals surface area contributed by atoms with E-state index in [9.17, 15) is 4.79 Å². The van der Waals surface area contributed by atoms with Gasteiger partial charge in [0, 0.05) is 28.4 Å². The van der Waals surface area contributed by atoms with Crippen LogP contribution in [0.25, 0.3) is 33.2 Å². The van der Waals surface area contributed by atoms with Gasteiger partial charge in [-0.05, 0) is 65.6 Å². The molecule has 0 fully saturated rings. The number of hydrogen-bond donors (Lipinski definition) is 2. The van der Waals surface area contributed by atoms with Crippen LogP contribution < -0.4 is 5.32 Å². The van der Waals surface area contributed by atoms with Gasteiger partial charge in [0.1, 0.15) is 11.2 Å². The van der Waals surface area contributed by atoms with Crippen molar-refractivity contribution in [1.29, 1.82) is 0 Å². The first-order valence-corrected chi connectivity index (χ1v) is 16.5. The zero-order chi connectivity index (χ0) is 33.4. The molecule has 49 heavy (non-hydrogen) atoms. The Morgan fingerprint density at radius 1 is 0.776 bits per heavy atom. The number of hydrogen-bond acceptors (Lipinski definition) is 4. The molecule has 0 spiro atoms. The Kier molecular flexibility index (Phi) is 7.74. The van der Waals surface area contributed by atoms with Gasteiger partial charge in [0.05, 0.1) is 22.6 Å². The quantitative estimate of drug-likeness (QED) is 0.160. The van der Waals surface area contributed by atoms with E-state index in [2.05, 4.69) is 98.8 Å². The fourth-order valence-corrected chi connectivity index (χ4v) is 6.93. The van der Waals surface area contributed by atoms with Gasteiger partial charge in [0.15, 0.2) is 5.82 Å². The fraction of sp³-hybridized carbons (Fsp3) is 0.0732. The Hall–Kier alpha value is -6.05. The molecule has 0 saturated carbocycles. The lowest BCUT2D eigenvalue weighted by Crippen LogP contribution is -2.38. The fourth-order valence-electron chi connectivity index (χ4n) is 6.73. The van der Waals surface area contributed by atoms with Crippen LogP contribution in [0.15, 0.2) is 152 Å². The number of imidazole rings is 1. The van der Waals surface area contributed by atoms with Crippen LogP contribution >= 0.6 is 11.6 Å². The number of halogens is 1. The number of carbonyl (C=O) groups excluding carboxylic acids is 1. The maximum atomic E-state index is 13.5. The molecule has 2 N–H and O–H groups in total. The van der Waals surface area contributed by atoms with E-state index in [1.165, 1.54) is 0 Å². The van der Waals surface area contributed by atoms with Gasteiger partial charge in [-0.2, -0.15) is 5.10 Å². The number of H-pyrrole nitrogens is 1. The van der Waals surface area contributed by atoms with Gasteiger partial charge in [-0.3, -0.25) is 9.78 Å². The van der Waals surface area contributed by atoms with Crippen LogP contribution in [-0.4, -0.2) is 30.6 Å². The number of nitrogens with zero attached hydrogens (tertiary/aromatic N) is 4. The summed E-state index contributed by atoms with van der Waals surface area (Å²) in [7, 11) is 0. The largest absolute Gasteiger partial charge is 0.343 e. The molecule has 0 aliphatic rings. The lowest BCUT2D eigenvalue weighted by Gasteiger charge is -2.37. The minimum Gasteiger partial charge on any atom is -0.343 e. The van der Waals surface area contributed by atoms with E-state index in [0.29, 0.717) is 10.5 Å². The molecule has 0 aliphatic carbocycles. The number of carbonyl (C=O) groups is 1. The summed E-state index contributed by atoms with van der Waals surface area (Å²) in [5.74, 6) is -0.0853. The number of aromatic amines is 1. The summed E-state index contributed by atoms with van der Waals surface area (Å²) in [6.45, 7) is 1.92. The van der Waals surface area contributed by atoms with Gasteiger partial charge in [0.2, 0.25) is 0 Å². The van der Waals surface area contributed by atoms with E-state index in [4.69, 9.17) is 21.7 Å². The van der Waals surface area contributed by atoms with Crippen molar-refractivity contribution in [3.63, 3.8) is 0 Å². The maximum absolute atomic E-state index is 13.5. The number of aromatic nitrogens is 5. The highest BCUT2D eigenvalue weighted by atomic mass is 35.5. The third-order valence-electron chi connectivity index (χ3n) is 9.04. The molecular weight excluding hydrogens is 628 g/mol. The average molecular weight is 659 g/mol. The summed E-state index contributed by atoms with van der Waals surface area (Å²) in [6.07, 6.45) is 3.55. The smallest absolute Gasteiger partial charge is 0.287 e. The predicted octanol–water partition coefficient (Wildman–Crippen LogP) is 8.96. The van der Waals surface area contributed by atoms with E-state index in [-0.39, 0.29) is 17.8 Å². The van der Waals surface area contributed by atoms with Gasteiger partial charge in [-0.1, -0.05) is 115 Å². The summed E-state index contributed by atoms with van der Waals surface area (Å²) in [6, 6.07) is 46.6. The van der Waals surface area contributed by atoms with Crippen LogP contribution in [0.5, 0.6) is 0 Å². The number of pyridine rings is 1. The molecule has 8 rings (SSSR count). The van der Waals surface area contributed by atoms with Crippen molar-refractivity contribution < 1.29 is 4.79 Å². The lowest BCUT2D eigenvalue weighted by atomic mass is 9.77. The molecule has 1 atom stereocenters. The highest BCUT2D eigenvalue weighted by Gasteiger charge is 2.41. The summed E-state index contributed by atoms with van der Waals surface area (Å²) in [4.78, 5) is 25.9. The molecular formula is C41H31ClN6O. The van der Waals surface area contributed by atoms with Crippen LogP contribution in [0, 0.1) is 0 Å². The van der Waals surface area contributed by atoms with Crippen LogP contribution in [0.3, 0.4) is 0 Å². The van der Waals surface area contributed by atoms with E-state index in [0.717, 1.165) is 49.9 Å². The van der Waals surface area contributed by atoms with Crippen molar-refractivity contribution in [1.82, 2.24) is 30.0 Å². The Labute approximate surface area is 288 Å². The molecule has 8 heteroatoms. The van der Waals surface area contributed by atoms with Crippen molar-refractivity contribution in [2.75, 3.05) is 0 Å². The highest BCUT2D eigenvalue weighted by molar-refractivity contribution is 6.30. The zero-order valence-electron chi connectivity index (χ0n) is 26.6. The summed E-state index contributed by atoms with van der Waals surface area (Å²) >= 11 is 6.21. The molecule has 1 amide bonds. The first kappa shape index (κ1) is 30.3. The average Bonchev–Trinajstić information content (AvgIpc) is 3.74. The molecule has 0 bridgehead atoms. The molecule has 238 valence electrons. The normalized spacial score (nSPS) is 12.3. The number of fused-ring (bicyclic) bond motifs is 2. The van der Waals surface area contributed by atoms with E-state index in [1.54, 1.807) is 12.4 Å². The topological polar surface area (TPSA) is 88.5 Å². The van der Waals surface area contributed by atoms with Gasteiger partial charge >= 0.3 is 0 Å². The molecule has 0 radical (unpaired) electrons. The van der Waals surface area contributed by atoms with Crippen molar-refractivity contribution in [2.45, 2.75) is 18.5 Å². The first-order chi connectivity index (χ1) is 24.0. The van der Waals surface area contributed by atoms with Crippen LogP contribution in [-0.2, 0) is 5.54 Å². The molecule has 1 unspecified atom stereocenters. The molecule has 3 aromatic heterocycles. The monoisotopic (exact) mass is 658 g/mol. The van der Waals surface area contributed by atoms with Gasteiger partial charge in [-0.15, -0.1) is 0 Å². The second-order valence-corrected chi connectivity index (χ2v) is 12.5. The second-order valence-electron chi connectivity index (χ2n) is 12.0. The predicted molar refractivity (Wildman–Crippen MR) is 195 cm³/mol. The van der Waals surface area contributed by atoms with Crippen molar-refractivity contribution in [2.24, 2.45) is 0 Å². The summed E-state index contributed by atoms with van der Waals surface area (Å²) < 4.78 is 2.12. The molecule has 3 heterocycles. The van der Waals surface area contributed by atoms with Crippen LogP contribution in [0.2, 0.25) is 5.02 Å². The van der Waals surface area contributed by atoms with Crippen molar-refractivity contribution in [3.8, 4) is 11.3 Å². The lowest BCUT2D eigenvalue weighted by molar-refractivity contribution is 0.0930. The van der Waals surface area contributed by atoms with Crippen LogP contribution in [0.1, 0.15) is 45.8 Å². The van der Waals surface area contributed by atoms with E-state index < -0.39 is 5.54 Å². The Morgan fingerprint density at radius 2 is 1.39 bits per heavy atom. The molecule has 0 saturated heterocycles. The number of benzene rings is 5. The van der Waals surface area contributed by atoms with Gasteiger partial charge < -0.3 is 10.3 Å². The minimum absolute atomic E-state index is 0.224. The Morgan fingerprint density at radius 3 is 1.98 bits per heavy atom. The van der Waals surface area contributed by atoms with E-state index in [1.807, 2.05) is 67.6 Å². The Balaban J connectivity index is 1.37. The molecule has 8 aromatic rings. The number of nitrogens with one attached hydrogen (secondary N) is 2. The SMILES string of the molecule is CC(NC(=O)c1nc2cc3c(-c4ccncc4)nn(C(c4ccccc4)(c4ccccc4)c4ccccc4)c3cc2[nH]1)c1cccc(Cl)c1.